The van der Waals surface area contributed by atoms with Gasteiger partial charge in [-0.3, -0.25) is 9.59 Å². The topological polar surface area (TPSA) is 88.6 Å². The van der Waals surface area contributed by atoms with Crippen LogP contribution in [0.3, 0.4) is 0 Å². The van der Waals surface area contributed by atoms with Crippen LogP contribution < -0.4 is 16.0 Å². The summed E-state index contributed by atoms with van der Waals surface area (Å²) in [5.74, 6) is -1.13. The first-order chi connectivity index (χ1) is 11.5. The Morgan fingerprint density at radius 1 is 1.04 bits per heavy atom. The number of nitrogens with two attached hydrogens (primary N) is 1. The van der Waals surface area contributed by atoms with Gasteiger partial charge in [0.15, 0.2) is 0 Å². The third-order valence-electron chi connectivity index (χ3n) is 3.70. The van der Waals surface area contributed by atoms with Crippen molar-refractivity contribution in [2.75, 3.05) is 24.3 Å². The number of carbonyl (C=O) groups excluding carboxylic acids is 2. The molecule has 3 rings (SSSR count). The van der Waals surface area contributed by atoms with Gasteiger partial charge in [-0.05, 0) is 36.4 Å². The predicted octanol–water partition coefficient (Wildman–Crippen LogP) is 2.85. The molecule has 1 aromatic heterocycles. The second-order valence-corrected chi connectivity index (χ2v) is 5.56. The Labute approximate surface area is 138 Å². The molecule has 6 nitrogen and oxygen atoms in total. The first-order valence-electron chi connectivity index (χ1n) is 7.37. The highest BCUT2D eigenvalue weighted by molar-refractivity contribution is 6.14. The highest BCUT2D eigenvalue weighted by Crippen LogP contribution is 2.31. The summed E-state index contributed by atoms with van der Waals surface area (Å²) in [5, 5.41) is 3.36. The van der Waals surface area contributed by atoms with Crippen molar-refractivity contribution in [3.8, 4) is 0 Å². The van der Waals surface area contributed by atoms with E-state index in [2.05, 4.69) is 5.32 Å². The normalized spacial score (nSPS) is 10.6. The number of rotatable bonds is 4. The third kappa shape index (κ3) is 2.81. The Morgan fingerprint density at radius 3 is 2.33 bits per heavy atom. The summed E-state index contributed by atoms with van der Waals surface area (Å²) in [4.78, 5) is 26.0. The van der Waals surface area contributed by atoms with Crippen molar-refractivity contribution >= 4 is 34.2 Å². The Kier molecular flexibility index (Phi) is 3.95. The molecule has 0 saturated carbocycles. The molecular formula is C18H17N3O3. The van der Waals surface area contributed by atoms with E-state index in [9.17, 15) is 9.59 Å². The minimum atomic E-state index is -0.732. The Bertz CT molecular complexity index is 911. The zero-order chi connectivity index (χ0) is 17.3. The van der Waals surface area contributed by atoms with Crippen LogP contribution in [-0.4, -0.2) is 25.9 Å². The van der Waals surface area contributed by atoms with Crippen LogP contribution in [0.15, 0.2) is 52.9 Å². The van der Waals surface area contributed by atoms with E-state index >= 15 is 0 Å². The molecule has 0 aliphatic heterocycles. The SMILES string of the molecule is CN(C)c1ccc(C(=O)Nc2c(C(N)=O)oc3ccccc23)cc1. The maximum absolute atomic E-state index is 12.5. The van der Waals surface area contributed by atoms with Crippen LogP contribution in [0, 0.1) is 0 Å². The predicted molar refractivity (Wildman–Crippen MR) is 93.5 cm³/mol. The molecular weight excluding hydrogens is 306 g/mol. The number of benzene rings is 2. The molecule has 0 bridgehead atoms. The van der Waals surface area contributed by atoms with E-state index in [0.29, 0.717) is 22.2 Å². The van der Waals surface area contributed by atoms with E-state index in [4.69, 9.17) is 10.2 Å². The number of fused-ring (bicyclic) bond motifs is 1. The minimum absolute atomic E-state index is 0.0607. The molecule has 0 saturated heterocycles. The monoisotopic (exact) mass is 323 g/mol. The minimum Gasteiger partial charge on any atom is -0.449 e. The summed E-state index contributed by atoms with van der Waals surface area (Å²) in [5.41, 5.74) is 7.60. The molecule has 2 amide bonds. The number of hydrogen-bond donors (Lipinski definition) is 2. The van der Waals surface area contributed by atoms with Gasteiger partial charge in [-0.1, -0.05) is 12.1 Å². The quantitative estimate of drug-likeness (QED) is 0.772. The van der Waals surface area contributed by atoms with Crippen LogP contribution in [0.4, 0.5) is 11.4 Å². The van der Waals surface area contributed by atoms with Crippen LogP contribution in [-0.2, 0) is 0 Å². The van der Waals surface area contributed by atoms with E-state index in [0.717, 1.165) is 5.69 Å². The summed E-state index contributed by atoms with van der Waals surface area (Å²) in [6.07, 6.45) is 0. The third-order valence-corrected chi connectivity index (χ3v) is 3.70. The zero-order valence-corrected chi connectivity index (χ0v) is 13.4. The van der Waals surface area contributed by atoms with Gasteiger partial charge in [0.05, 0.1) is 0 Å². The smallest absolute Gasteiger partial charge is 0.286 e. The molecule has 0 atom stereocenters. The van der Waals surface area contributed by atoms with E-state index in [1.54, 1.807) is 36.4 Å². The van der Waals surface area contributed by atoms with Crippen molar-refractivity contribution < 1.29 is 14.0 Å². The zero-order valence-electron chi connectivity index (χ0n) is 13.4. The van der Waals surface area contributed by atoms with Crippen LogP contribution in [0.5, 0.6) is 0 Å². The average Bonchev–Trinajstić information content (AvgIpc) is 2.94. The molecule has 1 heterocycles. The summed E-state index contributed by atoms with van der Waals surface area (Å²) in [6.45, 7) is 0. The second-order valence-electron chi connectivity index (χ2n) is 5.56. The maximum Gasteiger partial charge on any atom is 0.286 e. The number of amides is 2. The number of furan rings is 1. The molecule has 0 aliphatic rings. The Balaban J connectivity index is 1.95. The molecule has 3 N–H and O–H groups in total. The van der Waals surface area contributed by atoms with E-state index in [-0.39, 0.29) is 11.7 Å². The van der Waals surface area contributed by atoms with Gasteiger partial charge in [0, 0.05) is 30.7 Å². The van der Waals surface area contributed by atoms with E-state index in [1.165, 1.54) is 0 Å². The fraction of sp³-hybridized carbons (Fsp3) is 0.111. The summed E-state index contributed by atoms with van der Waals surface area (Å²) >= 11 is 0. The van der Waals surface area contributed by atoms with E-state index < -0.39 is 5.91 Å². The molecule has 122 valence electrons. The van der Waals surface area contributed by atoms with Gasteiger partial charge < -0.3 is 20.4 Å². The highest BCUT2D eigenvalue weighted by Gasteiger charge is 2.20. The van der Waals surface area contributed by atoms with Crippen molar-refractivity contribution in [3.63, 3.8) is 0 Å². The summed E-state index contributed by atoms with van der Waals surface area (Å²) in [7, 11) is 3.84. The lowest BCUT2D eigenvalue weighted by molar-refractivity contribution is 0.0977. The standard InChI is InChI=1S/C18H17N3O3/c1-21(2)12-9-7-11(8-10-12)18(23)20-15-13-5-3-4-6-14(13)24-16(15)17(19)22/h3-10H,1-2H3,(H2,19,22)(H,20,23). The van der Waals surface area contributed by atoms with Crippen LogP contribution in [0.25, 0.3) is 11.0 Å². The first kappa shape index (κ1) is 15.6. The Morgan fingerprint density at radius 2 is 1.71 bits per heavy atom. The van der Waals surface area contributed by atoms with Crippen molar-refractivity contribution in [1.29, 1.82) is 0 Å². The molecule has 0 spiro atoms. The second kappa shape index (κ2) is 6.08. The Hall–Kier alpha value is -3.28. The van der Waals surface area contributed by atoms with Crippen molar-refractivity contribution in [2.45, 2.75) is 0 Å². The molecule has 0 radical (unpaired) electrons. The number of anilines is 2. The molecule has 6 heteroatoms. The summed E-state index contributed by atoms with van der Waals surface area (Å²) < 4.78 is 5.45. The van der Waals surface area contributed by atoms with Gasteiger partial charge in [0.1, 0.15) is 11.3 Å². The molecule has 3 aromatic rings. The van der Waals surface area contributed by atoms with Crippen molar-refractivity contribution in [1.82, 2.24) is 0 Å². The average molecular weight is 323 g/mol. The van der Waals surface area contributed by atoms with Crippen molar-refractivity contribution in [3.05, 3.63) is 59.9 Å². The molecule has 24 heavy (non-hydrogen) atoms. The van der Waals surface area contributed by atoms with Gasteiger partial charge in [-0.2, -0.15) is 0 Å². The number of para-hydroxylation sites is 1. The van der Waals surface area contributed by atoms with E-state index in [1.807, 2.05) is 31.1 Å². The largest absolute Gasteiger partial charge is 0.449 e. The lowest BCUT2D eigenvalue weighted by Crippen LogP contribution is -2.17. The molecule has 2 aromatic carbocycles. The van der Waals surface area contributed by atoms with Crippen LogP contribution >= 0.6 is 0 Å². The highest BCUT2D eigenvalue weighted by atomic mass is 16.3. The molecule has 0 fully saturated rings. The lowest BCUT2D eigenvalue weighted by atomic mass is 10.1. The van der Waals surface area contributed by atoms with Gasteiger partial charge in [0.25, 0.3) is 11.8 Å². The maximum atomic E-state index is 12.5. The van der Waals surface area contributed by atoms with Gasteiger partial charge in [0.2, 0.25) is 5.76 Å². The fourth-order valence-electron chi connectivity index (χ4n) is 2.44. The summed E-state index contributed by atoms with van der Waals surface area (Å²) in [6, 6.07) is 14.2. The number of nitrogens with zero attached hydrogens (tertiary/aromatic N) is 1. The van der Waals surface area contributed by atoms with Crippen LogP contribution in [0.1, 0.15) is 20.9 Å². The molecule has 0 unspecified atom stereocenters. The van der Waals surface area contributed by atoms with Gasteiger partial charge in [-0.15, -0.1) is 0 Å². The number of hydrogen-bond acceptors (Lipinski definition) is 4. The number of carbonyl (C=O) groups is 2. The fourth-order valence-corrected chi connectivity index (χ4v) is 2.44. The lowest BCUT2D eigenvalue weighted by Gasteiger charge is -2.12. The van der Waals surface area contributed by atoms with Gasteiger partial charge >= 0.3 is 0 Å². The number of nitrogens with one attached hydrogen (secondary N) is 1. The van der Waals surface area contributed by atoms with Crippen LogP contribution in [0.2, 0.25) is 0 Å². The molecule has 0 aliphatic carbocycles. The number of primary amides is 1. The van der Waals surface area contributed by atoms with Gasteiger partial charge in [-0.25, -0.2) is 0 Å². The first-order valence-corrected chi connectivity index (χ1v) is 7.37. The van der Waals surface area contributed by atoms with Crippen molar-refractivity contribution in [2.24, 2.45) is 5.73 Å².